The first kappa shape index (κ1) is 24.3. The van der Waals surface area contributed by atoms with Crippen LogP contribution in [0.2, 0.25) is 5.02 Å². The summed E-state index contributed by atoms with van der Waals surface area (Å²) in [6.07, 6.45) is 1.83. The van der Waals surface area contributed by atoms with Gasteiger partial charge in [0.15, 0.2) is 0 Å². The van der Waals surface area contributed by atoms with E-state index in [1.807, 2.05) is 45.0 Å². The molecule has 30 heavy (non-hydrogen) atoms. The molecule has 0 heterocycles. The standard InChI is InChI=1S/C26H35ClO3/c1-9-26(8,10-2)30-23-14-12-20(16-21(23)27)25(6,7)19-11-13-22(18(5)15-19)29-24(28)17(3)4/h11-17H,9-10H2,1-8H3. The van der Waals surface area contributed by atoms with Crippen LogP contribution >= 0.6 is 11.6 Å². The van der Waals surface area contributed by atoms with Crippen molar-refractivity contribution in [1.82, 2.24) is 0 Å². The molecular formula is C26H35ClO3. The van der Waals surface area contributed by atoms with Crippen molar-refractivity contribution in [3.05, 3.63) is 58.1 Å². The molecule has 0 saturated heterocycles. The zero-order valence-corrected chi connectivity index (χ0v) is 20.3. The minimum absolute atomic E-state index is 0.161. The molecule has 0 aliphatic rings. The Bertz CT molecular complexity index is 895. The third kappa shape index (κ3) is 5.37. The van der Waals surface area contributed by atoms with Crippen molar-refractivity contribution in [1.29, 1.82) is 0 Å². The Morgan fingerprint density at radius 1 is 0.967 bits per heavy atom. The summed E-state index contributed by atoms with van der Waals surface area (Å²) in [5.74, 6) is 0.937. The average molecular weight is 431 g/mol. The first-order chi connectivity index (χ1) is 13.9. The van der Waals surface area contributed by atoms with Gasteiger partial charge in [-0.1, -0.05) is 71.3 Å². The topological polar surface area (TPSA) is 35.5 Å². The predicted octanol–water partition coefficient (Wildman–Crippen LogP) is 7.49. The molecule has 0 saturated carbocycles. The SMILES string of the molecule is CCC(C)(CC)Oc1ccc(C(C)(C)c2ccc(OC(=O)C(C)C)c(C)c2)cc1Cl. The smallest absolute Gasteiger partial charge is 0.313 e. The van der Waals surface area contributed by atoms with Gasteiger partial charge in [0.05, 0.1) is 10.9 Å². The molecule has 0 N–H and O–H groups in total. The van der Waals surface area contributed by atoms with Gasteiger partial charge in [-0.05, 0) is 61.6 Å². The van der Waals surface area contributed by atoms with E-state index >= 15 is 0 Å². The predicted molar refractivity (Wildman–Crippen MR) is 125 cm³/mol. The monoisotopic (exact) mass is 430 g/mol. The maximum Gasteiger partial charge on any atom is 0.313 e. The second-order valence-electron chi connectivity index (χ2n) is 9.09. The Labute approximate surface area is 186 Å². The maximum absolute atomic E-state index is 11.9. The Balaban J connectivity index is 2.31. The molecule has 0 bridgehead atoms. The Morgan fingerprint density at radius 2 is 1.50 bits per heavy atom. The van der Waals surface area contributed by atoms with Crippen LogP contribution in [0, 0.1) is 12.8 Å². The first-order valence-corrected chi connectivity index (χ1v) is 11.1. The third-order valence-electron chi connectivity index (χ3n) is 6.08. The van der Waals surface area contributed by atoms with E-state index in [9.17, 15) is 4.79 Å². The van der Waals surface area contributed by atoms with Crippen LogP contribution in [-0.4, -0.2) is 11.6 Å². The van der Waals surface area contributed by atoms with Gasteiger partial charge in [-0.3, -0.25) is 4.79 Å². The van der Waals surface area contributed by atoms with Crippen molar-refractivity contribution in [2.45, 2.75) is 79.2 Å². The summed E-state index contributed by atoms with van der Waals surface area (Å²) in [7, 11) is 0. The van der Waals surface area contributed by atoms with Gasteiger partial charge in [0, 0.05) is 5.41 Å². The molecule has 2 rings (SSSR count). The summed E-state index contributed by atoms with van der Waals surface area (Å²) >= 11 is 6.60. The van der Waals surface area contributed by atoms with E-state index < -0.39 is 0 Å². The summed E-state index contributed by atoms with van der Waals surface area (Å²) in [4.78, 5) is 11.9. The molecule has 0 amide bonds. The van der Waals surface area contributed by atoms with E-state index in [0.717, 1.165) is 35.3 Å². The molecule has 3 nitrogen and oxygen atoms in total. The van der Waals surface area contributed by atoms with Gasteiger partial charge in [-0.2, -0.15) is 0 Å². The molecule has 0 atom stereocenters. The third-order valence-corrected chi connectivity index (χ3v) is 6.38. The van der Waals surface area contributed by atoms with Crippen molar-refractivity contribution in [3.8, 4) is 11.5 Å². The summed E-state index contributed by atoms with van der Waals surface area (Å²) < 4.78 is 11.7. The van der Waals surface area contributed by atoms with Gasteiger partial charge in [0.25, 0.3) is 0 Å². The van der Waals surface area contributed by atoms with Crippen LogP contribution in [0.15, 0.2) is 36.4 Å². The zero-order valence-electron chi connectivity index (χ0n) is 19.6. The molecule has 0 radical (unpaired) electrons. The Morgan fingerprint density at radius 3 is 1.97 bits per heavy atom. The summed E-state index contributed by atoms with van der Waals surface area (Å²) in [5.41, 5.74) is 2.66. The van der Waals surface area contributed by atoms with Crippen LogP contribution in [0.1, 0.15) is 78.0 Å². The van der Waals surface area contributed by atoms with E-state index in [4.69, 9.17) is 21.1 Å². The lowest BCUT2D eigenvalue weighted by molar-refractivity contribution is -0.137. The summed E-state index contributed by atoms with van der Waals surface area (Å²) in [5, 5.41) is 0.618. The lowest BCUT2D eigenvalue weighted by Gasteiger charge is -2.30. The van der Waals surface area contributed by atoms with E-state index in [0.29, 0.717) is 10.8 Å². The van der Waals surface area contributed by atoms with Crippen LogP contribution in [0.4, 0.5) is 0 Å². The summed E-state index contributed by atoms with van der Waals surface area (Å²) in [6.45, 7) is 16.3. The molecule has 0 spiro atoms. The second-order valence-corrected chi connectivity index (χ2v) is 9.49. The molecule has 0 unspecified atom stereocenters. The van der Waals surface area contributed by atoms with E-state index in [-0.39, 0.29) is 22.9 Å². The highest BCUT2D eigenvalue weighted by molar-refractivity contribution is 6.32. The molecule has 0 fully saturated rings. The quantitative estimate of drug-likeness (QED) is 0.321. The highest BCUT2D eigenvalue weighted by atomic mass is 35.5. The number of aryl methyl sites for hydroxylation is 1. The highest BCUT2D eigenvalue weighted by Crippen LogP contribution is 2.38. The van der Waals surface area contributed by atoms with E-state index in [2.05, 4.69) is 46.8 Å². The van der Waals surface area contributed by atoms with Crippen molar-refractivity contribution >= 4 is 17.6 Å². The molecule has 0 aliphatic carbocycles. The van der Waals surface area contributed by atoms with Gasteiger partial charge in [0.2, 0.25) is 0 Å². The normalized spacial score (nSPS) is 12.2. The van der Waals surface area contributed by atoms with Crippen LogP contribution in [-0.2, 0) is 10.2 Å². The Kier molecular flexibility index (Phi) is 7.63. The van der Waals surface area contributed by atoms with Crippen LogP contribution in [0.3, 0.4) is 0 Å². The number of hydrogen-bond acceptors (Lipinski definition) is 3. The van der Waals surface area contributed by atoms with Gasteiger partial charge >= 0.3 is 5.97 Å². The first-order valence-electron chi connectivity index (χ1n) is 10.8. The fourth-order valence-corrected chi connectivity index (χ4v) is 3.40. The number of rotatable bonds is 8. The van der Waals surface area contributed by atoms with Gasteiger partial charge in [-0.25, -0.2) is 0 Å². The largest absolute Gasteiger partial charge is 0.486 e. The molecule has 2 aromatic carbocycles. The number of benzene rings is 2. The number of hydrogen-bond donors (Lipinski definition) is 0. The highest BCUT2D eigenvalue weighted by Gasteiger charge is 2.27. The number of carbonyl (C=O) groups is 1. The van der Waals surface area contributed by atoms with Crippen LogP contribution < -0.4 is 9.47 Å². The number of ether oxygens (including phenoxy) is 2. The van der Waals surface area contributed by atoms with Gasteiger partial charge < -0.3 is 9.47 Å². The molecule has 2 aromatic rings. The zero-order chi connectivity index (χ0) is 22.7. The number of carbonyl (C=O) groups excluding carboxylic acids is 1. The van der Waals surface area contributed by atoms with Gasteiger partial charge in [-0.15, -0.1) is 0 Å². The molecule has 4 heteroatoms. The minimum Gasteiger partial charge on any atom is -0.486 e. The molecular weight excluding hydrogens is 396 g/mol. The molecule has 0 aromatic heterocycles. The number of halogens is 1. The fourth-order valence-electron chi connectivity index (χ4n) is 3.18. The van der Waals surface area contributed by atoms with Crippen molar-refractivity contribution in [3.63, 3.8) is 0 Å². The minimum atomic E-state index is -0.271. The average Bonchev–Trinajstić information content (AvgIpc) is 2.70. The second kappa shape index (κ2) is 9.43. The number of esters is 1. The molecule has 0 aliphatic heterocycles. The van der Waals surface area contributed by atoms with E-state index in [1.165, 1.54) is 0 Å². The molecule has 164 valence electrons. The van der Waals surface area contributed by atoms with Crippen LogP contribution in [0.25, 0.3) is 0 Å². The van der Waals surface area contributed by atoms with Gasteiger partial charge in [0.1, 0.15) is 17.1 Å². The Hall–Kier alpha value is -2.00. The van der Waals surface area contributed by atoms with Crippen molar-refractivity contribution in [2.75, 3.05) is 0 Å². The van der Waals surface area contributed by atoms with Crippen LogP contribution in [0.5, 0.6) is 11.5 Å². The maximum atomic E-state index is 11.9. The van der Waals surface area contributed by atoms with Crippen molar-refractivity contribution in [2.24, 2.45) is 5.92 Å². The van der Waals surface area contributed by atoms with Crippen molar-refractivity contribution < 1.29 is 14.3 Å². The lowest BCUT2D eigenvalue weighted by atomic mass is 9.77. The summed E-state index contributed by atoms with van der Waals surface area (Å²) in [6, 6.07) is 12.0. The van der Waals surface area contributed by atoms with E-state index in [1.54, 1.807) is 0 Å². The fraction of sp³-hybridized carbons (Fsp3) is 0.500. The lowest BCUT2D eigenvalue weighted by Crippen LogP contribution is -2.30.